The Morgan fingerprint density at radius 2 is 1.84 bits per heavy atom. The monoisotopic (exact) mass is 357 g/mol. The number of pyridine rings is 1. The molecule has 6 heteroatoms. The number of nitrogens with zero attached hydrogens (tertiary/aromatic N) is 1. The number of hydrogen-bond acceptors (Lipinski definition) is 4. The van der Waals surface area contributed by atoms with Crippen molar-refractivity contribution in [3.63, 3.8) is 0 Å². The average molecular weight is 358 g/mol. The lowest BCUT2D eigenvalue weighted by atomic mass is 10.3. The fraction of sp³-hybridized carbons (Fsp3) is 0.154. The van der Waals surface area contributed by atoms with Gasteiger partial charge >= 0.3 is 0 Å². The second-order valence-electron chi connectivity index (χ2n) is 4.12. The van der Waals surface area contributed by atoms with E-state index >= 15 is 0 Å². The Balaban J connectivity index is 2.25. The van der Waals surface area contributed by atoms with Crippen molar-refractivity contribution < 1.29 is 8.42 Å². The van der Waals surface area contributed by atoms with E-state index in [-0.39, 0.29) is 0 Å². The van der Waals surface area contributed by atoms with E-state index in [0.29, 0.717) is 4.90 Å². The zero-order chi connectivity index (χ0) is 14.0. The molecule has 1 aromatic heterocycles. The summed E-state index contributed by atoms with van der Waals surface area (Å²) in [6.45, 7) is 1.99. The van der Waals surface area contributed by atoms with Crippen LogP contribution in [0, 0.1) is 6.92 Å². The zero-order valence-electron chi connectivity index (χ0n) is 10.4. The molecule has 0 N–H and O–H groups in total. The third kappa shape index (κ3) is 3.81. The Bertz CT molecular complexity index is 697. The molecule has 0 aliphatic heterocycles. The van der Waals surface area contributed by atoms with Gasteiger partial charge in [0.1, 0.15) is 5.03 Å². The molecule has 0 aliphatic rings. The Kier molecular flexibility index (Phi) is 4.32. The largest absolute Gasteiger partial charge is 0.248 e. The number of hydrogen-bond donors (Lipinski definition) is 0. The highest BCUT2D eigenvalue weighted by Crippen LogP contribution is 2.30. The molecule has 1 heterocycles. The highest BCUT2D eigenvalue weighted by molar-refractivity contribution is 9.10. The van der Waals surface area contributed by atoms with Gasteiger partial charge in [0, 0.05) is 21.8 Å². The van der Waals surface area contributed by atoms with Crippen LogP contribution in [-0.2, 0) is 9.84 Å². The quantitative estimate of drug-likeness (QED) is 0.839. The van der Waals surface area contributed by atoms with Crippen LogP contribution < -0.4 is 0 Å². The summed E-state index contributed by atoms with van der Waals surface area (Å²) >= 11 is 4.89. The molecule has 100 valence electrons. The fourth-order valence-corrected chi connectivity index (χ4v) is 3.40. The van der Waals surface area contributed by atoms with Gasteiger partial charge in [0.15, 0.2) is 9.84 Å². The van der Waals surface area contributed by atoms with Crippen molar-refractivity contribution in [1.29, 1.82) is 0 Å². The summed E-state index contributed by atoms with van der Waals surface area (Å²) in [4.78, 5) is 5.64. The third-order valence-electron chi connectivity index (χ3n) is 2.46. The van der Waals surface area contributed by atoms with Crippen molar-refractivity contribution in [2.24, 2.45) is 0 Å². The average Bonchev–Trinajstić information content (AvgIpc) is 2.32. The van der Waals surface area contributed by atoms with Gasteiger partial charge in [-0.05, 0) is 58.7 Å². The van der Waals surface area contributed by atoms with E-state index < -0.39 is 9.84 Å². The molecule has 0 atom stereocenters. The van der Waals surface area contributed by atoms with Gasteiger partial charge in [0.2, 0.25) is 0 Å². The van der Waals surface area contributed by atoms with Crippen molar-refractivity contribution in [3.8, 4) is 0 Å². The third-order valence-corrected chi connectivity index (χ3v) is 5.15. The predicted molar refractivity (Wildman–Crippen MR) is 80.3 cm³/mol. The number of halogens is 1. The first kappa shape index (κ1) is 14.6. The Hall–Kier alpha value is -0.850. The molecule has 0 bridgehead atoms. The molecule has 19 heavy (non-hydrogen) atoms. The van der Waals surface area contributed by atoms with Crippen LogP contribution in [0.4, 0.5) is 0 Å². The maximum Gasteiger partial charge on any atom is 0.175 e. The van der Waals surface area contributed by atoms with Crippen LogP contribution in [0.25, 0.3) is 0 Å². The number of sulfone groups is 1. The molecule has 0 unspecified atom stereocenters. The molecule has 0 spiro atoms. The van der Waals surface area contributed by atoms with E-state index in [9.17, 15) is 8.42 Å². The topological polar surface area (TPSA) is 47.0 Å². The van der Waals surface area contributed by atoms with Crippen molar-refractivity contribution in [2.45, 2.75) is 21.7 Å². The van der Waals surface area contributed by atoms with E-state index in [1.165, 1.54) is 18.0 Å². The lowest BCUT2D eigenvalue weighted by molar-refractivity contribution is 0.602. The van der Waals surface area contributed by atoms with Gasteiger partial charge in [-0.2, -0.15) is 0 Å². The van der Waals surface area contributed by atoms with Gasteiger partial charge in [-0.15, -0.1) is 0 Å². The van der Waals surface area contributed by atoms with E-state index in [0.717, 1.165) is 20.0 Å². The van der Waals surface area contributed by atoms with E-state index in [1.54, 1.807) is 30.5 Å². The van der Waals surface area contributed by atoms with Gasteiger partial charge < -0.3 is 0 Å². The smallest absolute Gasteiger partial charge is 0.175 e. The van der Waals surface area contributed by atoms with Crippen molar-refractivity contribution in [3.05, 3.63) is 46.6 Å². The fourth-order valence-electron chi connectivity index (χ4n) is 1.50. The van der Waals surface area contributed by atoms with Crippen LogP contribution in [0.2, 0.25) is 0 Å². The molecule has 0 aliphatic carbocycles. The summed E-state index contributed by atoms with van der Waals surface area (Å²) in [5.41, 5.74) is 1.08. The van der Waals surface area contributed by atoms with Crippen LogP contribution in [0.5, 0.6) is 0 Å². The first-order chi connectivity index (χ1) is 8.86. The van der Waals surface area contributed by atoms with Crippen LogP contribution in [0.3, 0.4) is 0 Å². The number of aromatic nitrogens is 1. The van der Waals surface area contributed by atoms with Gasteiger partial charge in [-0.25, -0.2) is 13.4 Å². The van der Waals surface area contributed by atoms with Crippen LogP contribution in [-0.4, -0.2) is 19.7 Å². The normalized spacial score (nSPS) is 11.5. The standard InChI is InChI=1S/C13H12BrNO2S2/c1-9-7-10(14)8-15-13(9)18-11-3-5-12(6-4-11)19(2,16)17/h3-8H,1-2H3. The maximum absolute atomic E-state index is 11.4. The summed E-state index contributed by atoms with van der Waals surface area (Å²) in [5.74, 6) is 0. The Morgan fingerprint density at radius 1 is 1.21 bits per heavy atom. The van der Waals surface area contributed by atoms with Crippen molar-refractivity contribution in [1.82, 2.24) is 4.98 Å². The van der Waals surface area contributed by atoms with Gasteiger partial charge in [-0.1, -0.05) is 11.8 Å². The summed E-state index contributed by atoms with van der Waals surface area (Å²) < 4.78 is 23.7. The summed E-state index contributed by atoms with van der Waals surface area (Å²) in [6.07, 6.45) is 2.95. The lowest BCUT2D eigenvalue weighted by Gasteiger charge is -2.05. The summed E-state index contributed by atoms with van der Waals surface area (Å²) in [7, 11) is -3.14. The van der Waals surface area contributed by atoms with Gasteiger partial charge in [0.05, 0.1) is 4.90 Å². The minimum absolute atomic E-state index is 0.331. The molecule has 1 aromatic carbocycles. The molecular weight excluding hydrogens is 346 g/mol. The summed E-state index contributed by atoms with van der Waals surface area (Å²) in [5, 5.41) is 0.912. The SMILES string of the molecule is Cc1cc(Br)cnc1Sc1ccc(S(C)(=O)=O)cc1. The minimum Gasteiger partial charge on any atom is -0.248 e. The van der Waals surface area contributed by atoms with Gasteiger partial charge in [0.25, 0.3) is 0 Å². The van der Waals surface area contributed by atoms with Gasteiger partial charge in [-0.3, -0.25) is 0 Å². The second-order valence-corrected chi connectivity index (χ2v) is 8.11. The lowest BCUT2D eigenvalue weighted by Crippen LogP contribution is -1.96. The zero-order valence-corrected chi connectivity index (χ0v) is 13.6. The highest BCUT2D eigenvalue weighted by atomic mass is 79.9. The van der Waals surface area contributed by atoms with Crippen molar-refractivity contribution in [2.75, 3.05) is 6.26 Å². The molecular formula is C13H12BrNO2S2. The Morgan fingerprint density at radius 3 is 2.37 bits per heavy atom. The molecule has 0 radical (unpaired) electrons. The highest BCUT2D eigenvalue weighted by Gasteiger charge is 2.08. The molecule has 0 saturated carbocycles. The van der Waals surface area contributed by atoms with Crippen LogP contribution >= 0.6 is 27.7 Å². The molecule has 0 amide bonds. The first-order valence-electron chi connectivity index (χ1n) is 5.46. The number of rotatable bonds is 3. The number of benzene rings is 1. The number of aryl methyl sites for hydroxylation is 1. The van der Waals surface area contributed by atoms with Crippen LogP contribution in [0.15, 0.2) is 55.8 Å². The molecule has 3 nitrogen and oxygen atoms in total. The maximum atomic E-state index is 11.4. The molecule has 0 saturated heterocycles. The van der Waals surface area contributed by atoms with Crippen molar-refractivity contribution >= 4 is 37.5 Å². The summed E-state index contributed by atoms with van der Waals surface area (Å²) in [6, 6.07) is 8.83. The molecule has 0 fully saturated rings. The molecule has 2 aromatic rings. The van der Waals surface area contributed by atoms with E-state index in [2.05, 4.69) is 20.9 Å². The molecule has 2 rings (SSSR count). The second kappa shape index (κ2) is 5.64. The first-order valence-corrected chi connectivity index (χ1v) is 8.96. The Labute approximate surface area is 125 Å². The van der Waals surface area contributed by atoms with E-state index in [1.807, 2.05) is 13.0 Å². The van der Waals surface area contributed by atoms with Crippen LogP contribution in [0.1, 0.15) is 5.56 Å². The van der Waals surface area contributed by atoms with E-state index in [4.69, 9.17) is 0 Å². The minimum atomic E-state index is -3.14. The predicted octanol–water partition coefficient (Wildman–Crippen LogP) is 3.71.